The van der Waals surface area contributed by atoms with Crippen molar-refractivity contribution in [2.75, 3.05) is 0 Å². The van der Waals surface area contributed by atoms with Gasteiger partial charge in [0, 0.05) is 17.6 Å². The van der Waals surface area contributed by atoms with Crippen molar-refractivity contribution in [2.45, 2.75) is 84.5 Å². The minimum Gasteiger partial charge on any atom is -0.468 e. The highest BCUT2D eigenvalue weighted by Gasteiger charge is 2.29. The van der Waals surface area contributed by atoms with Crippen molar-refractivity contribution in [3.05, 3.63) is 75.2 Å². The van der Waals surface area contributed by atoms with Crippen LogP contribution in [0.5, 0.6) is 0 Å². The number of hydrogen-bond donors (Lipinski definition) is 1. The Bertz CT molecular complexity index is 1330. The second kappa shape index (κ2) is 10.2. The Labute approximate surface area is 205 Å². The SMILES string of the molecule is CCC(c1nnnn1C1CCCCC1)N(Cc1ccco1)Cc1cc2cc(C)c(C)cc2[nH]c1=O. The summed E-state index contributed by atoms with van der Waals surface area (Å²) in [6, 6.07) is 10.4. The average Bonchev–Trinajstić information content (AvgIpc) is 3.55. The lowest BCUT2D eigenvalue weighted by atomic mass is 9.95. The maximum absolute atomic E-state index is 13.1. The molecule has 184 valence electrons. The van der Waals surface area contributed by atoms with Crippen LogP contribution in [0.15, 0.2) is 45.8 Å². The van der Waals surface area contributed by atoms with Crippen molar-refractivity contribution >= 4 is 10.9 Å². The third-order valence-electron chi connectivity index (χ3n) is 7.41. The van der Waals surface area contributed by atoms with E-state index in [0.717, 1.165) is 47.3 Å². The Balaban J connectivity index is 1.52. The summed E-state index contributed by atoms with van der Waals surface area (Å²) in [7, 11) is 0. The molecule has 0 aliphatic heterocycles. The highest BCUT2D eigenvalue weighted by Crippen LogP contribution is 2.32. The van der Waals surface area contributed by atoms with Gasteiger partial charge in [0.25, 0.3) is 5.56 Å². The van der Waals surface area contributed by atoms with E-state index in [1.165, 1.54) is 30.4 Å². The molecule has 1 aliphatic rings. The van der Waals surface area contributed by atoms with E-state index in [2.05, 4.69) is 52.2 Å². The Morgan fingerprint density at radius 1 is 1.14 bits per heavy atom. The topological polar surface area (TPSA) is 92.8 Å². The molecule has 1 fully saturated rings. The Morgan fingerprint density at radius 3 is 2.69 bits per heavy atom. The lowest BCUT2D eigenvalue weighted by Gasteiger charge is -2.31. The first kappa shape index (κ1) is 23.5. The van der Waals surface area contributed by atoms with Crippen LogP contribution < -0.4 is 5.56 Å². The van der Waals surface area contributed by atoms with Crippen LogP contribution in [-0.4, -0.2) is 30.1 Å². The van der Waals surface area contributed by atoms with E-state index >= 15 is 0 Å². The van der Waals surface area contributed by atoms with Gasteiger partial charge in [0.15, 0.2) is 5.82 Å². The number of hydrogen-bond acceptors (Lipinski definition) is 6. The second-order valence-electron chi connectivity index (χ2n) is 9.83. The van der Waals surface area contributed by atoms with E-state index in [-0.39, 0.29) is 11.6 Å². The zero-order chi connectivity index (χ0) is 24.4. The largest absolute Gasteiger partial charge is 0.468 e. The Hall–Kier alpha value is -3.26. The zero-order valence-corrected chi connectivity index (χ0v) is 20.8. The molecule has 8 nitrogen and oxygen atoms in total. The fourth-order valence-corrected chi connectivity index (χ4v) is 5.35. The third kappa shape index (κ3) is 4.93. The maximum Gasteiger partial charge on any atom is 0.252 e. The van der Waals surface area contributed by atoms with Crippen molar-refractivity contribution in [3.63, 3.8) is 0 Å². The van der Waals surface area contributed by atoms with Gasteiger partial charge in [-0.2, -0.15) is 0 Å². The van der Waals surface area contributed by atoms with Gasteiger partial charge in [-0.3, -0.25) is 9.69 Å². The number of aryl methyl sites for hydroxylation is 2. The summed E-state index contributed by atoms with van der Waals surface area (Å²) in [5, 5.41) is 14.0. The number of nitrogens with one attached hydrogen (secondary N) is 1. The molecule has 1 atom stereocenters. The van der Waals surface area contributed by atoms with Crippen LogP contribution in [-0.2, 0) is 13.1 Å². The number of furan rings is 1. The number of benzene rings is 1. The number of pyridine rings is 1. The quantitative estimate of drug-likeness (QED) is 0.368. The lowest BCUT2D eigenvalue weighted by molar-refractivity contribution is 0.144. The number of tetrazole rings is 1. The first-order valence-electron chi connectivity index (χ1n) is 12.7. The van der Waals surface area contributed by atoms with Crippen LogP contribution in [0.4, 0.5) is 0 Å². The smallest absolute Gasteiger partial charge is 0.252 e. The predicted octanol–water partition coefficient (Wildman–Crippen LogP) is 5.38. The number of nitrogens with zero attached hydrogens (tertiary/aromatic N) is 5. The summed E-state index contributed by atoms with van der Waals surface area (Å²) in [5.41, 5.74) is 3.91. The number of fused-ring (bicyclic) bond motifs is 1. The standard InChI is InChI=1S/C27H34N6O2/c1-4-25(26-29-30-31-33(26)22-9-6-5-7-10-22)32(17-23-11-8-12-35-23)16-21-15-20-13-18(2)19(3)14-24(20)28-27(21)34/h8,11-15,22,25H,4-7,9-10,16-17H2,1-3H3,(H,28,34). The second-order valence-corrected chi connectivity index (χ2v) is 9.83. The van der Waals surface area contributed by atoms with Crippen LogP contribution in [0.25, 0.3) is 10.9 Å². The fraction of sp³-hybridized carbons (Fsp3) is 0.481. The molecule has 8 heteroatoms. The van der Waals surface area contributed by atoms with E-state index in [4.69, 9.17) is 4.42 Å². The highest BCUT2D eigenvalue weighted by atomic mass is 16.3. The molecule has 1 saturated carbocycles. The zero-order valence-electron chi connectivity index (χ0n) is 20.8. The number of rotatable bonds is 8. The van der Waals surface area contributed by atoms with Gasteiger partial charge >= 0.3 is 0 Å². The van der Waals surface area contributed by atoms with Gasteiger partial charge in [0.2, 0.25) is 0 Å². The molecule has 5 rings (SSSR count). The molecule has 0 spiro atoms. The van der Waals surface area contributed by atoms with Crippen molar-refractivity contribution in [1.82, 2.24) is 30.1 Å². The molecule has 0 radical (unpaired) electrons. The molecule has 0 amide bonds. The minimum absolute atomic E-state index is 0.0492. The van der Waals surface area contributed by atoms with Gasteiger partial charge in [0.1, 0.15) is 5.76 Å². The van der Waals surface area contributed by atoms with Gasteiger partial charge in [-0.15, -0.1) is 5.10 Å². The van der Waals surface area contributed by atoms with E-state index in [1.807, 2.05) is 28.9 Å². The van der Waals surface area contributed by atoms with Crippen LogP contribution in [0.2, 0.25) is 0 Å². The third-order valence-corrected chi connectivity index (χ3v) is 7.41. The lowest BCUT2D eigenvalue weighted by Crippen LogP contribution is -2.33. The first-order chi connectivity index (χ1) is 17.0. The maximum atomic E-state index is 13.1. The molecule has 1 aliphatic carbocycles. The van der Waals surface area contributed by atoms with Crippen LogP contribution in [0.3, 0.4) is 0 Å². The molecule has 1 unspecified atom stereocenters. The summed E-state index contributed by atoms with van der Waals surface area (Å²) in [6.07, 6.45) is 8.42. The first-order valence-corrected chi connectivity index (χ1v) is 12.7. The van der Waals surface area contributed by atoms with Gasteiger partial charge < -0.3 is 9.40 Å². The van der Waals surface area contributed by atoms with Crippen LogP contribution >= 0.6 is 0 Å². The van der Waals surface area contributed by atoms with Crippen LogP contribution in [0.1, 0.15) is 85.8 Å². The molecule has 4 aromatic rings. The Morgan fingerprint density at radius 2 is 1.94 bits per heavy atom. The van der Waals surface area contributed by atoms with Gasteiger partial charge in [-0.05, 0) is 90.4 Å². The van der Waals surface area contributed by atoms with Crippen molar-refractivity contribution < 1.29 is 4.42 Å². The number of H-pyrrole nitrogens is 1. The van der Waals surface area contributed by atoms with Crippen molar-refractivity contribution in [1.29, 1.82) is 0 Å². The molecule has 0 bridgehead atoms. The number of aromatic amines is 1. The summed E-state index contributed by atoms with van der Waals surface area (Å²) < 4.78 is 7.74. The molecule has 1 aromatic carbocycles. The van der Waals surface area contributed by atoms with Crippen molar-refractivity contribution in [2.24, 2.45) is 0 Å². The predicted molar refractivity (Wildman–Crippen MR) is 135 cm³/mol. The molecule has 1 N–H and O–H groups in total. The van der Waals surface area contributed by atoms with Crippen molar-refractivity contribution in [3.8, 4) is 0 Å². The highest BCUT2D eigenvalue weighted by molar-refractivity contribution is 5.80. The Kier molecular flexibility index (Phi) is 6.81. The molecular formula is C27H34N6O2. The fourth-order valence-electron chi connectivity index (χ4n) is 5.35. The summed E-state index contributed by atoms with van der Waals surface area (Å²) >= 11 is 0. The monoisotopic (exact) mass is 474 g/mol. The average molecular weight is 475 g/mol. The van der Waals surface area contributed by atoms with Gasteiger partial charge in [0.05, 0.1) is 24.9 Å². The molecular weight excluding hydrogens is 440 g/mol. The molecule has 0 saturated heterocycles. The van der Waals surface area contributed by atoms with Gasteiger partial charge in [-0.1, -0.05) is 26.2 Å². The molecule has 3 heterocycles. The van der Waals surface area contributed by atoms with Crippen LogP contribution in [0, 0.1) is 13.8 Å². The summed E-state index contributed by atoms with van der Waals surface area (Å²) in [5.74, 6) is 1.72. The summed E-state index contributed by atoms with van der Waals surface area (Å²) in [4.78, 5) is 18.5. The van der Waals surface area contributed by atoms with E-state index in [0.29, 0.717) is 19.1 Å². The van der Waals surface area contributed by atoms with Gasteiger partial charge in [-0.25, -0.2) is 4.68 Å². The number of aromatic nitrogens is 5. The minimum atomic E-state index is -0.0630. The van der Waals surface area contributed by atoms with E-state index < -0.39 is 0 Å². The summed E-state index contributed by atoms with van der Waals surface area (Å²) in [6.45, 7) is 7.34. The van der Waals surface area contributed by atoms with E-state index in [1.54, 1.807) is 6.26 Å². The molecule has 35 heavy (non-hydrogen) atoms. The molecule has 3 aromatic heterocycles. The normalized spacial score (nSPS) is 15.8. The van der Waals surface area contributed by atoms with E-state index in [9.17, 15) is 4.79 Å².